The van der Waals surface area contributed by atoms with Gasteiger partial charge >= 0.3 is 17.9 Å². The maximum absolute atomic E-state index is 12.6. The van der Waals surface area contributed by atoms with Gasteiger partial charge in [0.2, 0.25) is 6.29 Å². The quantitative estimate of drug-likeness (QED) is 0.0383. The highest BCUT2D eigenvalue weighted by Gasteiger charge is 2.54. The Morgan fingerprint density at radius 3 is 1.43 bits per heavy atom. The summed E-state index contributed by atoms with van der Waals surface area (Å²) in [6, 6.07) is -0.659. The number of ether oxygens (including phenoxy) is 5. The number of esters is 3. The van der Waals surface area contributed by atoms with Gasteiger partial charge in [-0.05, 0) is 12.8 Å². The number of hydrogen-bond donors (Lipinski definition) is 0. The van der Waals surface area contributed by atoms with Gasteiger partial charge in [-0.1, -0.05) is 168 Å². The first kappa shape index (κ1) is 45.0. The zero-order chi connectivity index (χ0) is 36.9. The molecule has 9 nitrogen and oxygen atoms in total. The minimum absolute atomic E-state index is 0.131. The third-order valence-corrected chi connectivity index (χ3v) is 10.2. The van der Waals surface area contributed by atoms with Gasteiger partial charge in [0.25, 0.3) is 0 Å². The molecule has 5 unspecified atom stereocenters. The maximum Gasteiger partial charge on any atom is 0.305 e. The van der Waals surface area contributed by atoms with Crippen molar-refractivity contribution in [1.82, 2.24) is 0 Å². The van der Waals surface area contributed by atoms with E-state index in [0.29, 0.717) is 18.7 Å². The minimum atomic E-state index is -0.972. The Morgan fingerprint density at radius 2 is 0.980 bits per heavy atom. The molecule has 9 heteroatoms. The number of carbonyl (C=O) groups is 3. The van der Waals surface area contributed by atoms with Crippen LogP contribution in [0.3, 0.4) is 0 Å². The van der Waals surface area contributed by atoms with Gasteiger partial charge < -0.3 is 23.7 Å². The lowest BCUT2D eigenvalue weighted by atomic mass is 9.97. The van der Waals surface area contributed by atoms with Crippen molar-refractivity contribution in [2.75, 3.05) is 6.61 Å². The Morgan fingerprint density at radius 1 is 0.569 bits per heavy atom. The fourth-order valence-corrected chi connectivity index (χ4v) is 7.20. The largest absolute Gasteiger partial charge is 0.463 e. The molecule has 2 rings (SSSR count). The van der Waals surface area contributed by atoms with Crippen LogP contribution in [0.15, 0.2) is 4.99 Å². The molecule has 0 spiro atoms. The first-order valence-electron chi connectivity index (χ1n) is 21.2. The second kappa shape index (κ2) is 29.3. The highest BCUT2D eigenvalue weighted by atomic mass is 16.7. The van der Waals surface area contributed by atoms with Crippen molar-refractivity contribution in [2.45, 2.75) is 238 Å². The number of nitrogens with zero attached hydrogens (tertiary/aromatic N) is 1. The summed E-state index contributed by atoms with van der Waals surface area (Å²) in [5.41, 5.74) is 0. The van der Waals surface area contributed by atoms with E-state index in [1.54, 1.807) is 0 Å². The fourth-order valence-electron chi connectivity index (χ4n) is 7.20. The van der Waals surface area contributed by atoms with E-state index in [1.807, 2.05) is 0 Å². The molecule has 0 saturated carbocycles. The topological polar surface area (TPSA) is 110 Å². The van der Waals surface area contributed by atoms with Gasteiger partial charge in [0.1, 0.15) is 12.7 Å². The lowest BCUT2D eigenvalue weighted by Gasteiger charge is -2.40. The molecule has 0 aromatic rings. The molecule has 0 aliphatic carbocycles. The normalized spacial score (nSPS) is 21.1. The Hall–Kier alpha value is -2.16. The lowest BCUT2D eigenvalue weighted by molar-refractivity contribution is -0.249. The Bertz CT molecular complexity index is 955. The monoisotopic (exact) mass is 722 g/mol. The third-order valence-electron chi connectivity index (χ3n) is 10.2. The number of carbonyl (C=O) groups excluding carboxylic acids is 3. The maximum atomic E-state index is 12.6. The van der Waals surface area contributed by atoms with Crippen molar-refractivity contribution in [2.24, 2.45) is 4.99 Å². The average Bonchev–Trinajstić information content (AvgIpc) is 3.51. The standard InChI is InChI=1S/C42H75NO8/c1-5-7-9-11-13-15-17-19-21-23-25-27-29-31-37-43-39-41(49-35(4)45)40(48-34(3)44)36(50-42(39)51-37)33-47-38(46)32-30-28-26-24-22-20-18-16-14-12-10-8-6-2/h36,39-42H,5-33H2,1-4H3. The van der Waals surface area contributed by atoms with Gasteiger partial charge in [-0.15, -0.1) is 0 Å². The lowest BCUT2D eigenvalue weighted by Crippen LogP contribution is -2.60. The van der Waals surface area contributed by atoms with Crippen LogP contribution in [-0.4, -0.2) is 61.1 Å². The summed E-state index contributed by atoms with van der Waals surface area (Å²) in [5, 5.41) is 0. The van der Waals surface area contributed by atoms with E-state index < -0.39 is 42.6 Å². The molecule has 0 radical (unpaired) electrons. The van der Waals surface area contributed by atoms with Gasteiger partial charge in [0.05, 0.1) is 0 Å². The van der Waals surface area contributed by atoms with Gasteiger partial charge in [-0.2, -0.15) is 0 Å². The van der Waals surface area contributed by atoms with E-state index in [9.17, 15) is 14.4 Å². The predicted octanol–water partition coefficient (Wildman–Crippen LogP) is 10.9. The molecule has 1 saturated heterocycles. The summed E-state index contributed by atoms with van der Waals surface area (Å²) in [6.07, 6.45) is 30.1. The van der Waals surface area contributed by atoms with E-state index in [0.717, 1.165) is 32.1 Å². The Labute approximate surface area is 311 Å². The highest BCUT2D eigenvalue weighted by Crippen LogP contribution is 2.33. The summed E-state index contributed by atoms with van der Waals surface area (Å²) in [4.78, 5) is 41.6. The highest BCUT2D eigenvalue weighted by molar-refractivity contribution is 5.78. The summed E-state index contributed by atoms with van der Waals surface area (Å²) >= 11 is 0. The first-order chi connectivity index (χ1) is 24.8. The van der Waals surface area contributed by atoms with Gasteiger partial charge in [0, 0.05) is 26.7 Å². The van der Waals surface area contributed by atoms with Crippen LogP contribution in [-0.2, 0) is 38.1 Å². The van der Waals surface area contributed by atoms with Crippen LogP contribution in [0.2, 0.25) is 0 Å². The zero-order valence-electron chi connectivity index (χ0n) is 33.1. The third kappa shape index (κ3) is 21.2. The van der Waals surface area contributed by atoms with Crippen molar-refractivity contribution in [3.63, 3.8) is 0 Å². The van der Waals surface area contributed by atoms with E-state index in [2.05, 4.69) is 13.8 Å². The van der Waals surface area contributed by atoms with Gasteiger partial charge in [0.15, 0.2) is 24.1 Å². The molecule has 0 amide bonds. The van der Waals surface area contributed by atoms with E-state index in [1.165, 1.54) is 149 Å². The molecule has 2 aliphatic rings. The molecule has 0 aromatic heterocycles. The first-order valence-corrected chi connectivity index (χ1v) is 21.2. The van der Waals surface area contributed by atoms with E-state index in [-0.39, 0.29) is 12.6 Å². The van der Waals surface area contributed by atoms with Crippen molar-refractivity contribution < 1.29 is 38.1 Å². The number of fused-ring (bicyclic) bond motifs is 1. The molecule has 2 aliphatic heterocycles. The Balaban J connectivity index is 1.69. The van der Waals surface area contributed by atoms with Crippen LogP contribution >= 0.6 is 0 Å². The fraction of sp³-hybridized carbons (Fsp3) is 0.905. The van der Waals surface area contributed by atoms with Crippen molar-refractivity contribution in [3.8, 4) is 0 Å². The predicted molar refractivity (Wildman–Crippen MR) is 204 cm³/mol. The SMILES string of the molecule is CCCCCCCCCCCCCCCC(=O)OCC1OC2OC(CCCCCCCCCCCCCCC)=NC2C(OC(C)=O)C1OC(C)=O. The van der Waals surface area contributed by atoms with Crippen LogP contribution in [0.1, 0.15) is 207 Å². The molecule has 0 aromatic carbocycles. The summed E-state index contributed by atoms with van der Waals surface area (Å²) in [5.74, 6) is -0.818. The number of hydrogen-bond acceptors (Lipinski definition) is 9. The van der Waals surface area contributed by atoms with Crippen LogP contribution in [0, 0.1) is 0 Å². The Kier molecular flexibility index (Phi) is 25.9. The number of aliphatic imine (C=N–C) groups is 1. The molecule has 0 N–H and O–H groups in total. The van der Waals surface area contributed by atoms with Crippen LogP contribution in [0.5, 0.6) is 0 Å². The minimum Gasteiger partial charge on any atom is -0.463 e. The van der Waals surface area contributed by atoms with E-state index >= 15 is 0 Å². The smallest absolute Gasteiger partial charge is 0.305 e. The molecular formula is C42H75NO8. The molecule has 2 heterocycles. The van der Waals surface area contributed by atoms with Crippen LogP contribution in [0.25, 0.3) is 0 Å². The average molecular weight is 722 g/mol. The van der Waals surface area contributed by atoms with Crippen LogP contribution < -0.4 is 0 Å². The number of unbranched alkanes of at least 4 members (excludes halogenated alkanes) is 24. The molecule has 1 fully saturated rings. The van der Waals surface area contributed by atoms with Crippen molar-refractivity contribution in [3.05, 3.63) is 0 Å². The molecule has 296 valence electrons. The summed E-state index contributed by atoms with van der Waals surface area (Å²) in [7, 11) is 0. The number of rotatable bonds is 32. The summed E-state index contributed by atoms with van der Waals surface area (Å²) < 4.78 is 29.1. The second-order valence-electron chi connectivity index (χ2n) is 15.0. The van der Waals surface area contributed by atoms with Gasteiger partial charge in [-0.25, -0.2) is 4.99 Å². The molecule has 5 atom stereocenters. The zero-order valence-corrected chi connectivity index (χ0v) is 33.1. The molecule has 51 heavy (non-hydrogen) atoms. The molecular weight excluding hydrogens is 646 g/mol. The van der Waals surface area contributed by atoms with Crippen LogP contribution in [0.4, 0.5) is 0 Å². The van der Waals surface area contributed by atoms with Crippen molar-refractivity contribution >= 4 is 23.8 Å². The van der Waals surface area contributed by atoms with E-state index in [4.69, 9.17) is 28.7 Å². The van der Waals surface area contributed by atoms with Gasteiger partial charge in [-0.3, -0.25) is 14.4 Å². The molecule has 0 bridgehead atoms. The summed E-state index contributed by atoms with van der Waals surface area (Å²) in [6.45, 7) is 6.99. The van der Waals surface area contributed by atoms with Crippen molar-refractivity contribution in [1.29, 1.82) is 0 Å². The second-order valence-corrected chi connectivity index (χ2v) is 15.0.